The van der Waals surface area contributed by atoms with Gasteiger partial charge in [0.25, 0.3) is 5.91 Å². The number of hydrogen-bond acceptors (Lipinski definition) is 6. The summed E-state index contributed by atoms with van der Waals surface area (Å²) in [6.45, 7) is 4.97. The highest BCUT2D eigenvalue weighted by Gasteiger charge is 2.21. The summed E-state index contributed by atoms with van der Waals surface area (Å²) in [4.78, 5) is 21.7. The summed E-state index contributed by atoms with van der Waals surface area (Å²) in [7, 11) is 1.61. The van der Waals surface area contributed by atoms with Gasteiger partial charge in [0, 0.05) is 39.3 Å². The summed E-state index contributed by atoms with van der Waals surface area (Å²) in [6, 6.07) is 10.9. The maximum atomic E-state index is 12.3. The standard InChI is InChI=1S/C21H22Cl2N4O2S/c1-29-19-16(23)6-7-17-18(19)25-21(30-17)27-12-10-26(11-13-27)9-8-24-20(28)14-4-2-3-5-15(14)22/h2-7H,8-13H2,1H3,(H,24,28). The molecule has 1 aromatic heterocycles. The molecule has 6 nitrogen and oxygen atoms in total. The number of nitrogens with zero attached hydrogens (tertiary/aromatic N) is 3. The van der Waals surface area contributed by atoms with Crippen molar-refractivity contribution in [3.63, 3.8) is 0 Å². The molecule has 158 valence electrons. The third kappa shape index (κ3) is 4.49. The van der Waals surface area contributed by atoms with Gasteiger partial charge in [0.05, 0.1) is 27.4 Å². The lowest BCUT2D eigenvalue weighted by atomic mass is 10.2. The fourth-order valence-electron chi connectivity index (χ4n) is 3.49. The lowest BCUT2D eigenvalue weighted by Crippen LogP contribution is -2.48. The predicted molar refractivity (Wildman–Crippen MR) is 124 cm³/mol. The maximum Gasteiger partial charge on any atom is 0.252 e. The molecule has 0 spiro atoms. The van der Waals surface area contributed by atoms with E-state index in [0.717, 1.165) is 48.1 Å². The molecule has 4 rings (SSSR count). The topological polar surface area (TPSA) is 57.7 Å². The van der Waals surface area contributed by atoms with Crippen LogP contribution in [-0.2, 0) is 0 Å². The summed E-state index contributed by atoms with van der Waals surface area (Å²) in [5.74, 6) is 0.492. The van der Waals surface area contributed by atoms with Crippen molar-refractivity contribution in [3.8, 4) is 5.75 Å². The van der Waals surface area contributed by atoms with E-state index in [2.05, 4.69) is 15.1 Å². The van der Waals surface area contributed by atoms with E-state index in [9.17, 15) is 4.79 Å². The second-order valence-corrected chi connectivity index (χ2v) is 8.81. The maximum absolute atomic E-state index is 12.3. The van der Waals surface area contributed by atoms with E-state index in [1.165, 1.54) is 0 Å². The van der Waals surface area contributed by atoms with E-state index in [1.54, 1.807) is 30.6 Å². The van der Waals surface area contributed by atoms with E-state index in [-0.39, 0.29) is 5.91 Å². The zero-order valence-electron chi connectivity index (χ0n) is 16.5. The van der Waals surface area contributed by atoms with E-state index in [1.807, 2.05) is 24.3 Å². The number of benzene rings is 2. The Labute approximate surface area is 189 Å². The van der Waals surface area contributed by atoms with Crippen LogP contribution in [0.5, 0.6) is 5.75 Å². The van der Waals surface area contributed by atoms with Crippen molar-refractivity contribution in [1.29, 1.82) is 0 Å². The molecule has 0 unspecified atom stereocenters. The minimum Gasteiger partial charge on any atom is -0.493 e. The van der Waals surface area contributed by atoms with Crippen molar-refractivity contribution in [2.45, 2.75) is 0 Å². The summed E-state index contributed by atoms with van der Waals surface area (Å²) in [5, 5.41) is 4.98. The Bertz CT molecular complexity index is 1050. The highest BCUT2D eigenvalue weighted by molar-refractivity contribution is 7.22. The molecule has 1 aliphatic rings. The van der Waals surface area contributed by atoms with E-state index < -0.39 is 0 Å². The second-order valence-electron chi connectivity index (χ2n) is 6.99. The van der Waals surface area contributed by atoms with Crippen LogP contribution in [0.2, 0.25) is 10.0 Å². The molecule has 1 N–H and O–H groups in total. The number of piperazine rings is 1. The van der Waals surface area contributed by atoms with Crippen molar-refractivity contribution >= 4 is 55.8 Å². The summed E-state index contributed by atoms with van der Waals surface area (Å²) >= 11 is 14.0. The number of fused-ring (bicyclic) bond motifs is 1. The number of ether oxygens (including phenoxy) is 1. The summed E-state index contributed by atoms with van der Waals surface area (Å²) < 4.78 is 6.49. The first-order valence-corrected chi connectivity index (χ1v) is 11.3. The van der Waals surface area contributed by atoms with Crippen molar-refractivity contribution in [2.24, 2.45) is 0 Å². The number of thiazole rings is 1. The van der Waals surface area contributed by atoms with Crippen molar-refractivity contribution in [3.05, 3.63) is 52.0 Å². The van der Waals surface area contributed by atoms with Crippen LogP contribution in [0.4, 0.5) is 5.13 Å². The normalized spacial score (nSPS) is 14.8. The number of anilines is 1. The highest BCUT2D eigenvalue weighted by Crippen LogP contribution is 2.38. The van der Waals surface area contributed by atoms with Crippen molar-refractivity contribution in [2.75, 3.05) is 51.3 Å². The molecule has 3 aromatic rings. The van der Waals surface area contributed by atoms with E-state index in [0.29, 0.717) is 27.9 Å². The van der Waals surface area contributed by atoms with Crippen LogP contribution in [0.25, 0.3) is 10.2 Å². The zero-order chi connectivity index (χ0) is 21.1. The van der Waals surface area contributed by atoms with Crippen LogP contribution in [0.3, 0.4) is 0 Å². The molecule has 9 heteroatoms. The van der Waals surface area contributed by atoms with Crippen molar-refractivity contribution in [1.82, 2.24) is 15.2 Å². The molecule has 1 saturated heterocycles. The Morgan fingerprint density at radius 3 is 2.63 bits per heavy atom. The number of halogens is 2. The van der Waals surface area contributed by atoms with Gasteiger partial charge in [-0.1, -0.05) is 46.7 Å². The Morgan fingerprint density at radius 1 is 1.13 bits per heavy atom. The minimum atomic E-state index is -0.138. The van der Waals surface area contributed by atoms with Crippen LogP contribution in [-0.4, -0.2) is 62.2 Å². The minimum absolute atomic E-state index is 0.138. The number of aromatic nitrogens is 1. The molecule has 0 aliphatic carbocycles. The predicted octanol–water partition coefficient (Wildman–Crippen LogP) is 4.16. The number of nitrogens with one attached hydrogen (secondary N) is 1. The average molecular weight is 465 g/mol. The molecule has 0 saturated carbocycles. The Morgan fingerprint density at radius 2 is 1.90 bits per heavy atom. The Balaban J connectivity index is 1.30. The lowest BCUT2D eigenvalue weighted by molar-refractivity contribution is 0.0948. The highest BCUT2D eigenvalue weighted by atomic mass is 35.5. The molecule has 1 fully saturated rings. The van der Waals surface area contributed by atoms with E-state index >= 15 is 0 Å². The molecule has 1 amide bonds. The van der Waals surface area contributed by atoms with Gasteiger partial charge in [-0.05, 0) is 24.3 Å². The Kier molecular flexibility index (Phi) is 6.63. The summed E-state index contributed by atoms with van der Waals surface area (Å²) in [6.07, 6.45) is 0. The average Bonchev–Trinajstić information content (AvgIpc) is 3.19. The van der Waals surface area contributed by atoms with Crippen LogP contribution >= 0.6 is 34.5 Å². The number of methoxy groups -OCH3 is 1. The number of carbonyl (C=O) groups is 1. The van der Waals surface area contributed by atoms with Gasteiger partial charge >= 0.3 is 0 Å². The number of hydrogen-bond donors (Lipinski definition) is 1. The van der Waals surface area contributed by atoms with Crippen LogP contribution < -0.4 is 15.0 Å². The smallest absolute Gasteiger partial charge is 0.252 e. The first kappa shape index (κ1) is 21.2. The molecule has 2 heterocycles. The monoisotopic (exact) mass is 464 g/mol. The first-order valence-electron chi connectivity index (χ1n) is 9.70. The molecule has 2 aromatic carbocycles. The first-order chi connectivity index (χ1) is 14.6. The molecule has 1 aliphatic heterocycles. The quantitative estimate of drug-likeness (QED) is 0.593. The number of carbonyl (C=O) groups excluding carboxylic acids is 1. The number of rotatable bonds is 6. The molecular weight excluding hydrogens is 443 g/mol. The zero-order valence-corrected chi connectivity index (χ0v) is 18.9. The van der Waals surface area contributed by atoms with Crippen LogP contribution in [0.15, 0.2) is 36.4 Å². The fourth-order valence-corrected chi connectivity index (χ4v) is 4.96. The van der Waals surface area contributed by atoms with Gasteiger partial charge in [0.2, 0.25) is 0 Å². The molecular formula is C21H22Cl2N4O2S. The van der Waals surface area contributed by atoms with Crippen LogP contribution in [0, 0.1) is 0 Å². The van der Waals surface area contributed by atoms with Crippen LogP contribution in [0.1, 0.15) is 10.4 Å². The Hall–Kier alpha value is -2.06. The second kappa shape index (κ2) is 9.39. The largest absolute Gasteiger partial charge is 0.493 e. The third-order valence-electron chi connectivity index (χ3n) is 5.13. The molecule has 0 bridgehead atoms. The van der Waals surface area contributed by atoms with Gasteiger partial charge in [0.1, 0.15) is 5.52 Å². The SMILES string of the molecule is COc1c(Cl)ccc2sc(N3CCN(CCNC(=O)c4ccccc4Cl)CC3)nc12. The fraction of sp³-hybridized carbons (Fsp3) is 0.333. The lowest BCUT2D eigenvalue weighted by Gasteiger charge is -2.34. The van der Waals surface area contributed by atoms with Crippen molar-refractivity contribution < 1.29 is 9.53 Å². The van der Waals surface area contributed by atoms with Gasteiger partial charge in [-0.2, -0.15) is 0 Å². The van der Waals surface area contributed by atoms with Gasteiger partial charge in [0.15, 0.2) is 10.9 Å². The molecule has 0 atom stereocenters. The van der Waals surface area contributed by atoms with Gasteiger partial charge in [-0.3, -0.25) is 9.69 Å². The van der Waals surface area contributed by atoms with Gasteiger partial charge in [-0.25, -0.2) is 4.98 Å². The number of amides is 1. The molecule has 30 heavy (non-hydrogen) atoms. The summed E-state index contributed by atoms with van der Waals surface area (Å²) in [5.41, 5.74) is 1.32. The van der Waals surface area contributed by atoms with Gasteiger partial charge in [-0.15, -0.1) is 0 Å². The van der Waals surface area contributed by atoms with E-state index in [4.69, 9.17) is 32.9 Å². The molecule has 0 radical (unpaired) electrons. The third-order valence-corrected chi connectivity index (χ3v) is 6.84. The van der Waals surface area contributed by atoms with Gasteiger partial charge < -0.3 is 15.0 Å².